The average Bonchev–Trinajstić information content (AvgIpc) is 3.45. The van der Waals surface area contributed by atoms with Crippen LogP contribution in [0.3, 0.4) is 0 Å². The van der Waals surface area contributed by atoms with Crippen LogP contribution in [-0.4, -0.2) is 304 Å². The number of ether oxygens (including phenoxy) is 9. The molecule has 5 amide bonds. The molecule has 458 valence electrons. The molecule has 15 atom stereocenters. The first-order valence-electron chi connectivity index (χ1n) is 25.6. The number of nitrogens with one attached hydrogen (secondary N) is 5. The van der Waals surface area contributed by atoms with Gasteiger partial charge in [0.05, 0.1) is 84.8 Å². The van der Waals surface area contributed by atoms with E-state index in [1.807, 2.05) is 0 Å². The number of aliphatic hydroxyl groups excluding tert-OH is 12. The Labute approximate surface area is 457 Å². The van der Waals surface area contributed by atoms with Crippen molar-refractivity contribution in [2.45, 2.75) is 123 Å². The van der Waals surface area contributed by atoms with Crippen LogP contribution in [-0.2, 0) is 61.8 Å². The first-order chi connectivity index (χ1) is 38.2. The molecular formula is C47H77N5O28. The number of aliphatic hydroxyl groups is 12. The number of carbonyl (C=O) groups is 5. The lowest BCUT2D eigenvalue weighted by molar-refractivity contribution is -0.300. The standard InChI is InChI=1S/C47H77N5O28/c53-18-26-34(62)37(65)40(68)44(78-26)75-15-9-48-29(57)5-12-72-21-47(52-32(60)4-8-51-43(71)24-2-1-3-25(56)33(24)61,22-73-13-6-30(58)49-10-16-76-45-41(69)38(66)35(63)27(19-54)79-45)23-74-14-7-31(59)50-11-17-77-46-42(70)39(67)36(64)28(20-55)80-46/h1-3,26-28,34-42,44-46,53-56,61-70H,4-23H2,(H,48,57)(H,49,58)(H,50,59)(H,51,71)(H,52,60)/t26-,27-,28-,34-,35-,36-,37+,38+,39+,40+,41+,42+,44+,45+,46+/m1/s1. The Morgan fingerprint density at radius 1 is 0.450 bits per heavy atom. The van der Waals surface area contributed by atoms with E-state index in [9.17, 15) is 95.5 Å². The highest BCUT2D eigenvalue weighted by atomic mass is 16.7. The molecule has 0 aromatic heterocycles. The average molecular weight is 1160 g/mol. The summed E-state index contributed by atoms with van der Waals surface area (Å²) in [4.78, 5) is 64.8. The monoisotopic (exact) mass is 1160 g/mol. The van der Waals surface area contributed by atoms with Gasteiger partial charge in [-0.25, -0.2) is 0 Å². The topological polar surface area (TPSA) is 512 Å². The van der Waals surface area contributed by atoms with Crippen molar-refractivity contribution in [1.82, 2.24) is 26.6 Å². The molecule has 19 N–H and O–H groups in total. The third-order valence-electron chi connectivity index (χ3n) is 12.5. The number of carbonyl (C=O) groups excluding carboxylic acids is 5. The zero-order valence-electron chi connectivity index (χ0n) is 43.5. The van der Waals surface area contributed by atoms with Gasteiger partial charge < -0.3 is 141 Å². The van der Waals surface area contributed by atoms with E-state index in [1.165, 1.54) is 12.1 Å². The van der Waals surface area contributed by atoms with E-state index in [0.717, 1.165) is 6.07 Å². The highest BCUT2D eigenvalue weighted by Crippen LogP contribution is 2.28. The minimum atomic E-state index is -1.68. The molecule has 80 heavy (non-hydrogen) atoms. The number of rotatable bonds is 35. The zero-order valence-corrected chi connectivity index (χ0v) is 43.5. The molecule has 3 heterocycles. The van der Waals surface area contributed by atoms with Crippen molar-refractivity contribution in [3.63, 3.8) is 0 Å². The van der Waals surface area contributed by atoms with Crippen LogP contribution in [0.25, 0.3) is 0 Å². The predicted octanol–water partition coefficient (Wildman–Crippen LogP) is -9.91. The van der Waals surface area contributed by atoms with Crippen molar-refractivity contribution in [3.05, 3.63) is 23.8 Å². The largest absolute Gasteiger partial charge is 0.504 e. The number of hydrogen-bond acceptors (Lipinski definition) is 28. The Morgan fingerprint density at radius 2 is 0.812 bits per heavy atom. The lowest BCUT2D eigenvalue weighted by Gasteiger charge is -2.39. The fourth-order valence-corrected chi connectivity index (χ4v) is 7.97. The van der Waals surface area contributed by atoms with Crippen LogP contribution in [0.15, 0.2) is 18.2 Å². The number of hydrogen-bond donors (Lipinski definition) is 19. The van der Waals surface area contributed by atoms with Crippen molar-refractivity contribution in [1.29, 1.82) is 0 Å². The first kappa shape index (κ1) is 67.8. The van der Waals surface area contributed by atoms with Crippen LogP contribution in [0, 0.1) is 0 Å². The number of phenols is 2. The van der Waals surface area contributed by atoms with Crippen LogP contribution < -0.4 is 26.6 Å². The molecule has 0 saturated carbocycles. The molecule has 3 fully saturated rings. The molecule has 33 nitrogen and oxygen atoms in total. The summed E-state index contributed by atoms with van der Waals surface area (Å²) in [5.74, 6) is -4.50. The van der Waals surface area contributed by atoms with Gasteiger partial charge in [0.25, 0.3) is 5.91 Å². The van der Waals surface area contributed by atoms with E-state index < -0.39 is 185 Å². The summed E-state index contributed by atoms with van der Waals surface area (Å²) in [6.45, 7) is -5.66. The van der Waals surface area contributed by atoms with Gasteiger partial charge in [0.2, 0.25) is 23.6 Å². The van der Waals surface area contributed by atoms with Crippen molar-refractivity contribution < 1.29 is 138 Å². The molecule has 4 rings (SSSR count). The van der Waals surface area contributed by atoms with Crippen molar-refractivity contribution >= 4 is 29.5 Å². The van der Waals surface area contributed by atoms with Crippen LogP contribution in [0.1, 0.15) is 36.0 Å². The van der Waals surface area contributed by atoms with Gasteiger partial charge in [-0.15, -0.1) is 0 Å². The maximum atomic E-state index is 13.6. The smallest absolute Gasteiger partial charge is 0.255 e. The van der Waals surface area contributed by atoms with Gasteiger partial charge in [0, 0.05) is 51.9 Å². The van der Waals surface area contributed by atoms with E-state index in [4.69, 9.17) is 42.6 Å². The Balaban J connectivity index is 1.37. The van der Waals surface area contributed by atoms with Crippen molar-refractivity contribution in [3.8, 4) is 11.5 Å². The van der Waals surface area contributed by atoms with Gasteiger partial charge in [-0.05, 0) is 12.1 Å². The Kier molecular flexibility index (Phi) is 29.4. The summed E-state index contributed by atoms with van der Waals surface area (Å²) in [6.07, 6.45) is -24.1. The fourth-order valence-electron chi connectivity index (χ4n) is 7.97. The van der Waals surface area contributed by atoms with Gasteiger partial charge in [0.1, 0.15) is 78.8 Å². The van der Waals surface area contributed by atoms with E-state index in [2.05, 4.69) is 26.6 Å². The second-order valence-corrected chi connectivity index (χ2v) is 18.7. The molecular weight excluding hydrogens is 1080 g/mol. The van der Waals surface area contributed by atoms with Crippen LogP contribution in [0.2, 0.25) is 0 Å². The van der Waals surface area contributed by atoms with Crippen LogP contribution in [0.4, 0.5) is 0 Å². The highest BCUT2D eigenvalue weighted by molar-refractivity contribution is 5.97. The van der Waals surface area contributed by atoms with E-state index in [-0.39, 0.29) is 90.6 Å². The number of para-hydroxylation sites is 1. The minimum absolute atomic E-state index is 0.130. The molecule has 0 radical (unpaired) electrons. The van der Waals surface area contributed by atoms with Gasteiger partial charge in [-0.2, -0.15) is 0 Å². The first-order valence-corrected chi connectivity index (χ1v) is 25.6. The third-order valence-corrected chi connectivity index (χ3v) is 12.5. The van der Waals surface area contributed by atoms with Crippen molar-refractivity contribution in [2.24, 2.45) is 0 Å². The quantitative estimate of drug-likeness (QED) is 0.0222. The lowest BCUT2D eigenvalue weighted by atomic mass is 9.99. The summed E-state index contributed by atoms with van der Waals surface area (Å²) in [5, 5.41) is 152. The Bertz CT molecular complexity index is 1890. The number of benzene rings is 1. The van der Waals surface area contributed by atoms with Gasteiger partial charge >= 0.3 is 0 Å². The van der Waals surface area contributed by atoms with E-state index in [0.29, 0.717) is 0 Å². The molecule has 0 aliphatic carbocycles. The second kappa shape index (κ2) is 34.7. The Hall–Kier alpha value is -4.67. The van der Waals surface area contributed by atoms with Crippen molar-refractivity contribution in [2.75, 3.05) is 105 Å². The summed E-state index contributed by atoms with van der Waals surface area (Å²) in [6, 6.07) is 3.70. The number of aromatic hydroxyl groups is 2. The highest BCUT2D eigenvalue weighted by Gasteiger charge is 2.46. The maximum Gasteiger partial charge on any atom is 0.255 e. The molecule has 1 aromatic rings. The van der Waals surface area contributed by atoms with Gasteiger partial charge in [-0.1, -0.05) is 6.07 Å². The third kappa shape index (κ3) is 20.9. The summed E-state index contributed by atoms with van der Waals surface area (Å²) in [5.41, 5.74) is -1.94. The number of amides is 5. The predicted molar refractivity (Wildman–Crippen MR) is 262 cm³/mol. The Morgan fingerprint density at radius 3 is 1.16 bits per heavy atom. The normalized spacial score (nSPS) is 28.9. The van der Waals surface area contributed by atoms with Gasteiger partial charge in [0.15, 0.2) is 30.4 Å². The van der Waals surface area contributed by atoms with E-state index in [1.54, 1.807) is 0 Å². The maximum absolute atomic E-state index is 13.6. The molecule has 33 heteroatoms. The van der Waals surface area contributed by atoms with Gasteiger partial charge in [-0.3, -0.25) is 24.0 Å². The zero-order chi connectivity index (χ0) is 58.9. The fraction of sp³-hybridized carbons (Fsp3) is 0.766. The molecule has 3 aliphatic heterocycles. The molecule has 3 aliphatic rings. The molecule has 1 aromatic carbocycles. The molecule has 0 spiro atoms. The summed E-state index contributed by atoms with van der Waals surface area (Å²) < 4.78 is 49.6. The van der Waals surface area contributed by atoms with E-state index >= 15 is 0 Å². The summed E-state index contributed by atoms with van der Waals surface area (Å²) >= 11 is 0. The lowest BCUT2D eigenvalue weighted by Crippen LogP contribution is -2.59. The molecule has 3 saturated heterocycles. The minimum Gasteiger partial charge on any atom is -0.504 e. The molecule has 0 bridgehead atoms. The second-order valence-electron chi connectivity index (χ2n) is 18.7. The van der Waals surface area contributed by atoms with Crippen LogP contribution in [0.5, 0.6) is 11.5 Å². The summed E-state index contributed by atoms with van der Waals surface area (Å²) in [7, 11) is 0. The SMILES string of the molecule is O=C(CCOCC(COCCC(=O)NCCO[C@H]1O[C@H](CO)[C@@H](O)[C@H](O)[C@@H]1O)(COCCC(=O)NCCO[C@H]1O[C@H](CO)[C@@H](O)[C@H](O)[C@@H]1O)NC(=O)CCNC(=O)c1cccc(O)c1O)NCCO[C@H]1O[C@H](CO)[C@@H](O)[C@H](O)[C@@H]1O. The number of phenolic OH excluding ortho intramolecular Hbond substituents is 2. The van der Waals surface area contributed by atoms with Crippen LogP contribution >= 0.6 is 0 Å². The molecule has 0 unspecified atom stereocenters.